The number of hydrogen-bond acceptors (Lipinski definition) is 7. The lowest BCUT2D eigenvalue weighted by molar-refractivity contribution is 0.213. The quantitative estimate of drug-likeness (QED) is 0.205. The van der Waals surface area contributed by atoms with Crippen LogP contribution in [0.15, 0.2) is 59.9 Å². The van der Waals surface area contributed by atoms with E-state index in [1.807, 2.05) is 68.6 Å². The molecule has 0 fully saturated rings. The maximum Gasteiger partial charge on any atom is 0.180 e. The molecule has 0 radical (unpaired) electrons. The second-order valence-electron chi connectivity index (χ2n) is 7.64. The van der Waals surface area contributed by atoms with Gasteiger partial charge in [-0.3, -0.25) is 10.4 Å². The second-order valence-corrected chi connectivity index (χ2v) is 7.64. The number of methoxy groups -OCH3 is 1. The van der Waals surface area contributed by atoms with Gasteiger partial charge in [-0.1, -0.05) is 17.3 Å². The van der Waals surface area contributed by atoms with Gasteiger partial charge in [0.1, 0.15) is 24.4 Å². The van der Waals surface area contributed by atoms with E-state index in [0.29, 0.717) is 29.6 Å². The number of rotatable bonds is 10. The van der Waals surface area contributed by atoms with Gasteiger partial charge < -0.3 is 31.1 Å². The van der Waals surface area contributed by atoms with Gasteiger partial charge >= 0.3 is 0 Å². The van der Waals surface area contributed by atoms with Crippen molar-refractivity contribution in [3.63, 3.8) is 0 Å². The molecule has 9 heteroatoms. The zero-order chi connectivity index (χ0) is 24.7. The van der Waals surface area contributed by atoms with Crippen molar-refractivity contribution in [2.75, 3.05) is 19.5 Å². The van der Waals surface area contributed by atoms with Crippen LogP contribution in [0.4, 0.5) is 5.69 Å². The van der Waals surface area contributed by atoms with Gasteiger partial charge in [0.2, 0.25) is 0 Å². The molecule has 34 heavy (non-hydrogen) atoms. The minimum Gasteiger partial charge on any atom is -0.497 e. The van der Waals surface area contributed by atoms with Gasteiger partial charge in [-0.25, -0.2) is 0 Å². The molecule has 0 bridgehead atoms. The van der Waals surface area contributed by atoms with Gasteiger partial charge in [-0.15, -0.1) is 0 Å². The molecule has 0 amide bonds. The van der Waals surface area contributed by atoms with Crippen LogP contribution in [0.5, 0.6) is 11.5 Å². The number of amidine groups is 2. The Morgan fingerprint density at radius 1 is 1.12 bits per heavy atom. The first-order valence-electron chi connectivity index (χ1n) is 10.6. The Balaban J connectivity index is 1.80. The Hall–Kier alpha value is -4.27. The maximum atomic E-state index is 8.08. The number of aryl methyl sites for hydroxylation is 1. The molecule has 3 aromatic rings. The summed E-state index contributed by atoms with van der Waals surface area (Å²) < 4.78 is 11.5. The first-order chi connectivity index (χ1) is 16.3. The molecule has 1 aromatic heterocycles. The van der Waals surface area contributed by atoms with Gasteiger partial charge in [0, 0.05) is 29.6 Å². The van der Waals surface area contributed by atoms with Crippen molar-refractivity contribution in [1.82, 2.24) is 4.98 Å². The fraction of sp³-hybridized carbons (Fsp3) is 0.240. The normalized spacial score (nSPS) is 12.1. The highest BCUT2D eigenvalue weighted by Crippen LogP contribution is 2.31. The molecule has 0 spiro atoms. The molecule has 178 valence electrons. The van der Waals surface area contributed by atoms with Crippen LogP contribution < -0.4 is 26.3 Å². The van der Waals surface area contributed by atoms with Crippen LogP contribution in [0.25, 0.3) is 0 Å². The van der Waals surface area contributed by atoms with E-state index in [9.17, 15) is 0 Å². The van der Waals surface area contributed by atoms with Gasteiger partial charge in [0.05, 0.1) is 12.8 Å². The predicted molar refractivity (Wildman–Crippen MR) is 133 cm³/mol. The number of ether oxygens (including phenoxy) is 2. The highest BCUT2D eigenvalue weighted by atomic mass is 16.6. The van der Waals surface area contributed by atoms with Crippen molar-refractivity contribution in [2.45, 2.75) is 26.5 Å². The number of pyridine rings is 1. The number of nitrogens with one attached hydrogen (secondary N) is 2. The van der Waals surface area contributed by atoms with Crippen LogP contribution in [0.3, 0.4) is 0 Å². The summed E-state index contributed by atoms with van der Waals surface area (Å²) in [5, 5.41) is 15.2. The van der Waals surface area contributed by atoms with E-state index in [2.05, 4.69) is 15.5 Å². The summed E-state index contributed by atoms with van der Waals surface area (Å²) in [6.45, 7) is 4.36. The third-order valence-electron chi connectivity index (χ3n) is 5.33. The number of nitrogens with zero attached hydrogens (tertiary/aromatic N) is 2. The lowest BCUT2D eigenvalue weighted by atomic mass is 10.1. The summed E-state index contributed by atoms with van der Waals surface area (Å²) in [6.07, 6.45) is 1.06. The topological polar surface area (TPSA) is 141 Å². The van der Waals surface area contributed by atoms with Crippen molar-refractivity contribution in [1.29, 1.82) is 5.41 Å². The maximum absolute atomic E-state index is 8.08. The average molecular weight is 463 g/mol. The number of benzene rings is 2. The third-order valence-corrected chi connectivity index (χ3v) is 5.33. The van der Waals surface area contributed by atoms with E-state index >= 15 is 0 Å². The molecule has 1 atom stereocenters. The third kappa shape index (κ3) is 5.74. The molecule has 3 rings (SSSR count). The Kier molecular flexibility index (Phi) is 7.92. The monoisotopic (exact) mass is 462 g/mol. The summed E-state index contributed by atoms with van der Waals surface area (Å²) in [4.78, 5) is 9.21. The van der Waals surface area contributed by atoms with E-state index < -0.39 is 6.10 Å². The van der Waals surface area contributed by atoms with Gasteiger partial charge in [-0.2, -0.15) is 0 Å². The second kappa shape index (κ2) is 11.0. The molecule has 0 aliphatic carbocycles. The molecular weight excluding hydrogens is 432 g/mol. The lowest BCUT2D eigenvalue weighted by Crippen LogP contribution is -2.26. The average Bonchev–Trinajstić information content (AvgIpc) is 2.84. The Bertz CT molecular complexity index is 1180. The minimum atomic E-state index is -0.760. The largest absolute Gasteiger partial charge is 0.497 e. The van der Waals surface area contributed by atoms with Crippen molar-refractivity contribution in [3.05, 3.63) is 82.7 Å². The minimum absolute atomic E-state index is 0.105. The van der Waals surface area contributed by atoms with Crippen LogP contribution in [-0.2, 0) is 11.4 Å². The molecule has 2 aromatic carbocycles. The highest BCUT2D eigenvalue weighted by Gasteiger charge is 2.21. The highest BCUT2D eigenvalue weighted by molar-refractivity contribution is 5.97. The van der Waals surface area contributed by atoms with Crippen molar-refractivity contribution >= 4 is 17.4 Å². The first kappa shape index (κ1) is 24.4. The number of anilines is 1. The molecule has 1 heterocycles. The Labute approximate surface area is 199 Å². The summed E-state index contributed by atoms with van der Waals surface area (Å²) in [7, 11) is 3.04. The molecule has 0 saturated carbocycles. The molecule has 0 aliphatic heterocycles. The number of aromatic nitrogens is 1. The molecule has 0 aliphatic rings. The summed E-state index contributed by atoms with van der Waals surface area (Å²) in [5.74, 6) is 1.47. The number of nitrogens with two attached hydrogens (primary N) is 2. The Morgan fingerprint density at radius 2 is 1.85 bits per heavy atom. The zero-order valence-electron chi connectivity index (χ0n) is 19.8. The molecule has 9 nitrogen and oxygen atoms in total. The smallest absolute Gasteiger partial charge is 0.180 e. The summed E-state index contributed by atoms with van der Waals surface area (Å²) >= 11 is 0. The van der Waals surface area contributed by atoms with Gasteiger partial charge in [0.25, 0.3) is 0 Å². The summed E-state index contributed by atoms with van der Waals surface area (Å²) in [6, 6.07) is 14.9. The van der Waals surface area contributed by atoms with Gasteiger partial charge in [-0.05, 0) is 61.4 Å². The Morgan fingerprint density at radius 3 is 2.50 bits per heavy atom. The van der Waals surface area contributed by atoms with E-state index in [4.69, 9.17) is 31.2 Å². The SMILES string of the molecule is CON=C(N)c1ccc(NCc2cnc(C)c(OC(C(=N)N)c3cccc(OC)c3)c2C)cc1. The van der Waals surface area contributed by atoms with Crippen LogP contribution >= 0.6 is 0 Å². The van der Waals surface area contributed by atoms with E-state index in [1.54, 1.807) is 7.11 Å². The summed E-state index contributed by atoms with van der Waals surface area (Å²) in [5.41, 5.74) is 16.7. The lowest BCUT2D eigenvalue weighted by Gasteiger charge is -2.22. The molecule has 0 saturated heterocycles. The van der Waals surface area contributed by atoms with Crippen LogP contribution in [0.1, 0.15) is 34.1 Å². The van der Waals surface area contributed by atoms with Crippen LogP contribution in [0.2, 0.25) is 0 Å². The van der Waals surface area contributed by atoms with E-state index in [-0.39, 0.29) is 5.84 Å². The fourth-order valence-electron chi connectivity index (χ4n) is 3.44. The molecule has 1 unspecified atom stereocenters. The predicted octanol–water partition coefficient (Wildman–Crippen LogP) is 3.64. The zero-order valence-corrected chi connectivity index (χ0v) is 19.8. The van der Waals surface area contributed by atoms with Crippen LogP contribution in [0, 0.1) is 19.3 Å². The first-order valence-corrected chi connectivity index (χ1v) is 10.6. The standard InChI is InChI=1S/C25H30N6O3/c1-15-19(14-30-20-10-8-17(9-11-20)25(28)31-33-4)13-29-16(2)22(15)34-23(24(26)27)18-6-5-7-21(12-18)32-3/h5-13,23,30H,14H2,1-4H3,(H3,26,27)(H2,28,31). The number of hydrogen-bond donors (Lipinski definition) is 4. The molecule has 6 N–H and O–H groups in total. The van der Waals surface area contributed by atoms with E-state index in [0.717, 1.165) is 27.9 Å². The molecular formula is C25H30N6O3. The van der Waals surface area contributed by atoms with Gasteiger partial charge in [0.15, 0.2) is 11.9 Å². The van der Waals surface area contributed by atoms with Crippen molar-refractivity contribution in [3.8, 4) is 11.5 Å². The van der Waals surface area contributed by atoms with Crippen LogP contribution in [-0.4, -0.2) is 30.9 Å². The fourth-order valence-corrected chi connectivity index (χ4v) is 3.44. The van der Waals surface area contributed by atoms with Crippen molar-refractivity contribution in [2.24, 2.45) is 16.6 Å². The van der Waals surface area contributed by atoms with Crippen molar-refractivity contribution < 1.29 is 14.3 Å². The number of oxime groups is 1. The van der Waals surface area contributed by atoms with E-state index in [1.165, 1.54) is 7.11 Å².